The maximum Gasteiger partial charge on any atom is 0.306 e. The van der Waals surface area contributed by atoms with Crippen molar-refractivity contribution >= 4 is 11.9 Å². The summed E-state index contributed by atoms with van der Waals surface area (Å²) >= 11 is 0. The molecular formula is C19H27NO4. The van der Waals surface area contributed by atoms with E-state index in [1.807, 2.05) is 36.1 Å². The van der Waals surface area contributed by atoms with Crippen LogP contribution >= 0.6 is 0 Å². The maximum atomic E-state index is 12.4. The van der Waals surface area contributed by atoms with Crippen LogP contribution < -0.4 is 4.74 Å². The molecule has 1 aromatic carbocycles. The lowest BCUT2D eigenvalue weighted by Crippen LogP contribution is -2.45. The van der Waals surface area contributed by atoms with Crippen LogP contribution in [0.3, 0.4) is 0 Å². The van der Waals surface area contributed by atoms with E-state index in [0.29, 0.717) is 39.0 Å². The number of ether oxygens (including phenoxy) is 1. The predicted octanol–water partition coefficient (Wildman–Crippen LogP) is 2.98. The van der Waals surface area contributed by atoms with Crippen molar-refractivity contribution in [1.82, 2.24) is 4.90 Å². The Hall–Kier alpha value is -2.04. The van der Waals surface area contributed by atoms with Gasteiger partial charge in [-0.1, -0.05) is 26.0 Å². The number of hydrogen-bond donors (Lipinski definition) is 1. The number of carbonyl (C=O) groups is 2. The van der Waals surface area contributed by atoms with Crippen molar-refractivity contribution in [3.05, 3.63) is 29.8 Å². The zero-order chi connectivity index (χ0) is 17.5. The van der Waals surface area contributed by atoms with Crippen LogP contribution in [0.25, 0.3) is 0 Å². The number of aliphatic carboxylic acids is 1. The molecule has 0 aromatic heterocycles. The molecule has 1 heterocycles. The summed E-state index contributed by atoms with van der Waals surface area (Å²) in [5, 5.41) is 9.15. The van der Waals surface area contributed by atoms with Gasteiger partial charge in [-0.15, -0.1) is 0 Å². The minimum atomic E-state index is -0.750. The third-order valence-corrected chi connectivity index (χ3v) is 4.60. The standard InChI is InChI=1S/C19H27NO4/c1-3-12-24-16-7-4-15(5-8-16)6-9-18(21)20-11-10-17(19(22)23)14(2)13-20/h4-5,7-8,14,17H,3,6,9-13H2,1-2H3,(H,22,23). The summed E-state index contributed by atoms with van der Waals surface area (Å²) in [6, 6.07) is 7.88. The Labute approximate surface area is 143 Å². The molecule has 2 rings (SSSR count). The highest BCUT2D eigenvalue weighted by Crippen LogP contribution is 2.24. The summed E-state index contributed by atoms with van der Waals surface area (Å²) in [6.07, 6.45) is 2.68. The Morgan fingerprint density at radius 3 is 2.58 bits per heavy atom. The first-order valence-electron chi connectivity index (χ1n) is 8.73. The van der Waals surface area contributed by atoms with Gasteiger partial charge < -0.3 is 14.7 Å². The van der Waals surface area contributed by atoms with E-state index in [1.165, 1.54) is 0 Å². The van der Waals surface area contributed by atoms with Gasteiger partial charge in [0.2, 0.25) is 5.91 Å². The smallest absolute Gasteiger partial charge is 0.306 e. The number of likely N-dealkylation sites (tertiary alicyclic amines) is 1. The number of carboxylic acid groups (broad SMARTS) is 1. The molecule has 1 amide bonds. The van der Waals surface area contributed by atoms with Crippen molar-refractivity contribution in [2.24, 2.45) is 11.8 Å². The number of carbonyl (C=O) groups excluding carboxylic acids is 1. The molecule has 1 aromatic rings. The number of nitrogens with zero attached hydrogens (tertiary/aromatic N) is 1. The Balaban J connectivity index is 1.80. The third kappa shape index (κ3) is 4.98. The Morgan fingerprint density at radius 1 is 1.29 bits per heavy atom. The molecule has 0 radical (unpaired) electrons. The van der Waals surface area contributed by atoms with Gasteiger partial charge in [-0.3, -0.25) is 9.59 Å². The maximum absolute atomic E-state index is 12.4. The summed E-state index contributed by atoms with van der Waals surface area (Å²) < 4.78 is 5.55. The SMILES string of the molecule is CCCOc1ccc(CCC(=O)N2CCC(C(=O)O)C(C)C2)cc1. The monoisotopic (exact) mass is 333 g/mol. The van der Waals surface area contributed by atoms with Gasteiger partial charge in [0, 0.05) is 19.5 Å². The van der Waals surface area contributed by atoms with Crippen molar-refractivity contribution in [1.29, 1.82) is 0 Å². The molecule has 24 heavy (non-hydrogen) atoms. The minimum absolute atomic E-state index is 0.00944. The van der Waals surface area contributed by atoms with E-state index in [2.05, 4.69) is 6.92 Å². The predicted molar refractivity (Wildman–Crippen MR) is 92.0 cm³/mol. The van der Waals surface area contributed by atoms with E-state index in [-0.39, 0.29) is 17.7 Å². The molecule has 2 unspecified atom stereocenters. The van der Waals surface area contributed by atoms with Crippen molar-refractivity contribution in [3.8, 4) is 5.75 Å². The van der Waals surface area contributed by atoms with Gasteiger partial charge in [-0.05, 0) is 42.9 Å². The quantitative estimate of drug-likeness (QED) is 0.833. The van der Waals surface area contributed by atoms with E-state index >= 15 is 0 Å². The fourth-order valence-electron chi connectivity index (χ4n) is 3.12. The lowest BCUT2D eigenvalue weighted by Gasteiger charge is -2.35. The lowest BCUT2D eigenvalue weighted by molar-refractivity contribution is -0.148. The molecule has 1 aliphatic heterocycles. The Kier molecular flexibility index (Phi) is 6.64. The number of rotatable bonds is 7. The van der Waals surface area contributed by atoms with Crippen LogP contribution in [-0.2, 0) is 16.0 Å². The van der Waals surface area contributed by atoms with Crippen LogP contribution in [-0.4, -0.2) is 41.6 Å². The van der Waals surface area contributed by atoms with Gasteiger partial charge in [-0.2, -0.15) is 0 Å². The number of hydrogen-bond acceptors (Lipinski definition) is 3. The van der Waals surface area contributed by atoms with Gasteiger partial charge in [0.05, 0.1) is 12.5 Å². The van der Waals surface area contributed by atoms with Crippen LogP contribution in [0.5, 0.6) is 5.75 Å². The highest BCUT2D eigenvalue weighted by atomic mass is 16.5. The molecule has 5 nitrogen and oxygen atoms in total. The Bertz CT molecular complexity index is 555. The van der Waals surface area contributed by atoms with Crippen LogP contribution in [0.15, 0.2) is 24.3 Å². The molecule has 1 N–H and O–H groups in total. The molecular weight excluding hydrogens is 306 g/mol. The second-order valence-electron chi connectivity index (χ2n) is 6.54. The van der Waals surface area contributed by atoms with Gasteiger partial charge in [-0.25, -0.2) is 0 Å². The van der Waals surface area contributed by atoms with Crippen LogP contribution in [0.4, 0.5) is 0 Å². The molecule has 0 aliphatic carbocycles. The first kappa shape index (κ1) is 18.3. The molecule has 2 atom stereocenters. The number of amides is 1. The molecule has 1 aliphatic rings. The fourth-order valence-corrected chi connectivity index (χ4v) is 3.12. The fraction of sp³-hybridized carbons (Fsp3) is 0.579. The third-order valence-electron chi connectivity index (χ3n) is 4.60. The van der Waals surface area contributed by atoms with Gasteiger partial charge in [0.1, 0.15) is 5.75 Å². The van der Waals surface area contributed by atoms with Crippen LogP contribution in [0.1, 0.15) is 38.7 Å². The van der Waals surface area contributed by atoms with E-state index < -0.39 is 5.97 Å². The van der Waals surface area contributed by atoms with Gasteiger partial charge in [0.15, 0.2) is 0 Å². The number of benzene rings is 1. The average Bonchev–Trinajstić information content (AvgIpc) is 2.58. The zero-order valence-electron chi connectivity index (χ0n) is 14.5. The largest absolute Gasteiger partial charge is 0.494 e. The van der Waals surface area contributed by atoms with Crippen molar-refractivity contribution in [3.63, 3.8) is 0 Å². The number of aryl methyl sites for hydroxylation is 1. The highest BCUT2D eigenvalue weighted by molar-refractivity contribution is 5.77. The molecule has 0 spiro atoms. The van der Waals surface area contributed by atoms with Crippen molar-refractivity contribution in [2.75, 3.05) is 19.7 Å². The molecule has 132 valence electrons. The van der Waals surface area contributed by atoms with E-state index in [1.54, 1.807) is 0 Å². The first-order chi connectivity index (χ1) is 11.5. The van der Waals surface area contributed by atoms with Crippen molar-refractivity contribution < 1.29 is 19.4 Å². The lowest BCUT2D eigenvalue weighted by atomic mass is 9.87. The topological polar surface area (TPSA) is 66.8 Å². The van der Waals surface area contributed by atoms with E-state index in [9.17, 15) is 9.59 Å². The summed E-state index contributed by atoms with van der Waals surface area (Å²) in [5.74, 6) is -0.103. The van der Waals surface area contributed by atoms with Gasteiger partial charge in [0.25, 0.3) is 0 Å². The number of carboxylic acids is 1. The van der Waals surface area contributed by atoms with Gasteiger partial charge >= 0.3 is 5.97 Å². The van der Waals surface area contributed by atoms with Crippen molar-refractivity contribution in [2.45, 2.75) is 39.5 Å². The Morgan fingerprint density at radius 2 is 2.00 bits per heavy atom. The summed E-state index contributed by atoms with van der Waals surface area (Å²) in [7, 11) is 0. The van der Waals surface area contributed by atoms with Crippen LogP contribution in [0, 0.1) is 11.8 Å². The average molecular weight is 333 g/mol. The summed E-state index contributed by atoms with van der Waals surface area (Å²) in [5.41, 5.74) is 1.11. The molecule has 0 saturated carbocycles. The zero-order valence-corrected chi connectivity index (χ0v) is 14.5. The summed E-state index contributed by atoms with van der Waals surface area (Å²) in [4.78, 5) is 25.3. The van der Waals surface area contributed by atoms with Crippen LogP contribution in [0.2, 0.25) is 0 Å². The second-order valence-corrected chi connectivity index (χ2v) is 6.54. The second kappa shape index (κ2) is 8.71. The first-order valence-corrected chi connectivity index (χ1v) is 8.73. The summed E-state index contributed by atoms with van der Waals surface area (Å²) in [6.45, 7) is 5.78. The molecule has 0 bridgehead atoms. The molecule has 5 heteroatoms. The number of piperidine rings is 1. The van der Waals surface area contributed by atoms with E-state index in [0.717, 1.165) is 17.7 Å². The van der Waals surface area contributed by atoms with E-state index in [4.69, 9.17) is 9.84 Å². The molecule has 1 saturated heterocycles. The normalized spacial score (nSPS) is 20.7. The minimum Gasteiger partial charge on any atom is -0.494 e. The highest BCUT2D eigenvalue weighted by Gasteiger charge is 2.32. The molecule has 1 fully saturated rings.